The van der Waals surface area contributed by atoms with Crippen LogP contribution < -0.4 is 0 Å². The summed E-state index contributed by atoms with van der Waals surface area (Å²) in [6.45, 7) is 5.36. The van der Waals surface area contributed by atoms with Crippen LogP contribution in [0.4, 0.5) is 31.1 Å². The number of halogens is 6. The number of alkyl halides is 6. The van der Waals surface area contributed by atoms with Crippen molar-refractivity contribution in [3.05, 3.63) is 119 Å². The molecule has 0 bridgehead atoms. The second-order valence-electron chi connectivity index (χ2n) is 10.1. The van der Waals surface area contributed by atoms with Crippen LogP contribution in [0, 0.1) is 0 Å². The minimum Gasteiger partial charge on any atom is -0.445 e. The molecule has 0 spiro atoms. The van der Waals surface area contributed by atoms with E-state index in [2.05, 4.69) is 6.58 Å². The first-order chi connectivity index (χ1) is 19.3. The minimum absolute atomic E-state index is 0.00916. The maximum Gasteiger partial charge on any atom is 0.416 e. The Morgan fingerprint density at radius 2 is 1.49 bits per heavy atom. The molecule has 0 saturated carbocycles. The smallest absolute Gasteiger partial charge is 0.416 e. The number of likely N-dealkylation sites (tertiary alicyclic amines) is 1. The van der Waals surface area contributed by atoms with Crippen molar-refractivity contribution in [1.29, 1.82) is 0 Å². The first-order valence-corrected chi connectivity index (χ1v) is 12.9. The largest absolute Gasteiger partial charge is 0.445 e. The van der Waals surface area contributed by atoms with Gasteiger partial charge in [-0.2, -0.15) is 26.3 Å². The molecule has 2 atom stereocenters. The fourth-order valence-electron chi connectivity index (χ4n) is 4.86. The van der Waals surface area contributed by atoms with E-state index in [1.807, 2.05) is 30.3 Å². The molecule has 41 heavy (non-hydrogen) atoms. The summed E-state index contributed by atoms with van der Waals surface area (Å²) < 4.78 is 92.4. The summed E-state index contributed by atoms with van der Waals surface area (Å²) in [6.07, 6.45) is -10.9. The van der Waals surface area contributed by atoms with Crippen LogP contribution in [0.2, 0.25) is 0 Å². The lowest BCUT2D eigenvalue weighted by atomic mass is 9.80. The lowest BCUT2D eigenvalue weighted by molar-refractivity contribution is -0.143. The molecule has 1 heterocycles. The van der Waals surface area contributed by atoms with Gasteiger partial charge in [0.1, 0.15) is 6.61 Å². The van der Waals surface area contributed by atoms with Crippen molar-refractivity contribution in [2.75, 3.05) is 13.2 Å². The first kappa shape index (κ1) is 30.2. The third-order valence-corrected chi connectivity index (χ3v) is 7.18. The predicted molar refractivity (Wildman–Crippen MR) is 141 cm³/mol. The third-order valence-electron chi connectivity index (χ3n) is 7.18. The van der Waals surface area contributed by atoms with Gasteiger partial charge in [-0.1, -0.05) is 72.8 Å². The van der Waals surface area contributed by atoms with Gasteiger partial charge in [0.25, 0.3) is 0 Å². The number of benzene rings is 3. The molecular formula is C31H29F6NO3. The van der Waals surface area contributed by atoms with Crippen LogP contribution in [0.5, 0.6) is 0 Å². The van der Waals surface area contributed by atoms with Crippen molar-refractivity contribution in [3.8, 4) is 0 Å². The minimum atomic E-state index is -4.98. The topological polar surface area (TPSA) is 38.8 Å². The van der Waals surface area contributed by atoms with E-state index in [-0.39, 0.29) is 31.4 Å². The van der Waals surface area contributed by atoms with E-state index < -0.39 is 41.2 Å². The summed E-state index contributed by atoms with van der Waals surface area (Å²) in [7, 11) is 0. The molecule has 0 N–H and O–H groups in total. The zero-order chi connectivity index (χ0) is 29.8. The predicted octanol–water partition coefficient (Wildman–Crippen LogP) is 8.69. The highest BCUT2D eigenvalue weighted by Crippen LogP contribution is 2.42. The summed E-state index contributed by atoms with van der Waals surface area (Å²) in [4.78, 5) is 15.0. The van der Waals surface area contributed by atoms with Crippen LogP contribution >= 0.6 is 0 Å². The molecule has 4 rings (SSSR count). The monoisotopic (exact) mass is 577 g/mol. The molecule has 0 radical (unpaired) electrons. The number of piperidine rings is 1. The van der Waals surface area contributed by atoms with Gasteiger partial charge >= 0.3 is 18.4 Å². The number of amides is 1. The molecule has 218 valence electrons. The van der Waals surface area contributed by atoms with Gasteiger partial charge in [-0.25, -0.2) is 4.79 Å². The second kappa shape index (κ2) is 12.0. The maximum atomic E-state index is 13.5. The molecule has 1 aliphatic rings. The fourth-order valence-corrected chi connectivity index (χ4v) is 4.86. The van der Waals surface area contributed by atoms with Gasteiger partial charge in [0.2, 0.25) is 0 Å². The van der Waals surface area contributed by atoms with Crippen molar-refractivity contribution >= 4 is 6.09 Å². The first-order valence-electron chi connectivity index (χ1n) is 12.9. The van der Waals surface area contributed by atoms with Gasteiger partial charge in [0, 0.05) is 6.54 Å². The van der Waals surface area contributed by atoms with E-state index in [9.17, 15) is 31.1 Å². The summed E-state index contributed by atoms with van der Waals surface area (Å²) in [5, 5.41) is 0. The van der Waals surface area contributed by atoms with E-state index >= 15 is 0 Å². The van der Waals surface area contributed by atoms with Crippen molar-refractivity contribution in [2.45, 2.75) is 50.4 Å². The lowest BCUT2D eigenvalue weighted by Crippen LogP contribution is -2.55. The Hall–Kier alpha value is -3.79. The Morgan fingerprint density at radius 1 is 0.927 bits per heavy atom. The van der Waals surface area contributed by atoms with Crippen LogP contribution in [-0.4, -0.2) is 24.1 Å². The quantitative estimate of drug-likeness (QED) is 0.208. The number of ether oxygens (including phenoxy) is 2. The number of carbonyl (C=O) groups excluding carboxylic acids is 1. The van der Waals surface area contributed by atoms with Gasteiger partial charge in [-0.3, -0.25) is 4.90 Å². The Labute approximate surface area is 234 Å². The lowest BCUT2D eigenvalue weighted by Gasteiger charge is -2.47. The molecule has 1 fully saturated rings. The van der Waals surface area contributed by atoms with Crippen molar-refractivity contribution in [2.24, 2.45) is 0 Å². The average molecular weight is 578 g/mol. The Morgan fingerprint density at radius 3 is 2.05 bits per heavy atom. The molecule has 10 heteroatoms. The summed E-state index contributed by atoms with van der Waals surface area (Å²) in [5.41, 5.74) is -2.00. The SMILES string of the molecule is C=C1CC[C@@](CO[C@H](C)c2cc(C(F)(F)F)cc(C(F)(F)F)c2)(c2ccccc2)N(C(=O)OCc2ccccc2)C1. The summed E-state index contributed by atoms with van der Waals surface area (Å²) >= 11 is 0. The Balaban J connectivity index is 1.66. The molecule has 1 aliphatic heterocycles. The highest BCUT2D eigenvalue weighted by molar-refractivity contribution is 5.70. The van der Waals surface area contributed by atoms with E-state index in [0.29, 0.717) is 30.5 Å². The third kappa shape index (κ3) is 7.11. The average Bonchev–Trinajstić information content (AvgIpc) is 2.95. The number of hydrogen-bond acceptors (Lipinski definition) is 3. The van der Waals surface area contributed by atoms with Crippen LogP contribution in [0.25, 0.3) is 0 Å². The van der Waals surface area contributed by atoms with Gasteiger partial charge in [0.15, 0.2) is 0 Å². The maximum absolute atomic E-state index is 13.5. The molecule has 0 unspecified atom stereocenters. The molecule has 3 aromatic rings. The Bertz CT molecular complexity index is 1330. The molecule has 1 amide bonds. The highest BCUT2D eigenvalue weighted by Gasteiger charge is 2.46. The van der Waals surface area contributed by atoms with E-state index in [1.165, 1.54) is 11.8 Å². The number of hydrogen-bond donors (Lipinski definition) is 0. The van der Waals surface area contributed by atoms with Crippen molar-refractivity contribution in [3.63, 3.8) is 0 Å². The number of rotatable bonds is 7. The number of nitrogens with zero attached hydrogens (tertiary/aromatic N) is 1. The molecule has 4 nitrogen and oxygen atoms in total. The van der Waals surface area contributed by atoms with Gasteiger partial charge in [-0.05, 0) is 54.7 Å². The van der Waals surface area contributed by atoms with E-state index in [0.717, 1.165) is 11.1 Å². The van der Waals surface area contributed by atoms with Crippen molar-refractivity contribution < 1.29 is 40.6 Å². The normalized spacial score (nSPS) is 18.7. The van der Waals surface area contributed by atoms with E-state index in [4.69, 9.17) is 9.47 Å². The number of carbonyl (C=O) groups is 1. The molecule has 0 aromatic heterocycles. The zero-order valence-corrected chi connectivity index (χ0v) is 22.3. The van der Waals surface area contributed by atoms with Gasteiger partial charge in [-0.15, -0.1) is 0 Å². The van der Waals surface area contributed by atoms with Gasteiger partial charge in [0.05, 0.1) is 29.4 Å². The van der Waals surface area contributed by atoms with Crippen molar-refractivity contribution in [1.82, 2.24) is 4.90 Å². The molecular weight excluding hydrogens is 548 g/mol. The van der Waals surface area contributed by atoms with Crippen LogP contribution in [0.15, 0.2) is 91.0 Å². The summed E-state index contributed by atoms with van der Waals surface area (Å²) in [6, 6.07) is 19.4. The summed E-state index contributed by atoms with van der Waals surface area (Å²) in [5.74, 6) is 0. The second-order valence-corrected chi connectivity index (χ2v) is 10.1. The molecule has 1 saturated heterocycles. The van der Waals surface area contributed by atoms with Crippen LogP contribution in [0.1, 0.15) is 53.7 Å². The van der Waals surface area contributed by atoms with Crippen LogP contribution in [-0.2, 0) is 34.0 Å². The molecule has 0 aliphatic carbocycles. The highest BCUT2D eigenvalue weighted by atomic mass is 19.4. The van der Waals surface area contributed by atoms with Crippen LogP contribution in [0.3, 0.4) is 0 Å². The fraction of sp³-hybridized carbons (Fsp3) is 0.323. The standard InChI is InChI=1S/C31H29F6NO3/c1-21-13-14-29(25-11-7-4-8-12-25,38(18-21)28(39)40-19-23-9-5-3-6-10-23)20-41-22(2)24-15-26(30(32,33)34)17-27(16-24)31(35,36)37/h3-12,15-17,22H,1,13-14,18-20H2,2H3/t22-,29-/m1/s1. The zero-order valence-electron chi connectivity index (χ0n) is 22.3. The van der Waals surface area contributed by atoms with E-state index in [1.54, 1.807) is 30.3 Å². The van der Waals surface area contributed by atoms with Gasteiger partial charge < -0.3 is 9.47 Å². The Kier molecular flexibility index (Phi) is 8.82. The molecule has 3 aromatic carbocycles.